The van der Waals surface area contributed by atoms with Gasteiger partial charge in [0.05, 0.1) is 30.4 Å². The predicted molar refractivity (Wildman–Crippen MR) is 225 cm³/mol. The van der Waals surface area contributed by atoms with Gasteiger partial charge in [-0.05, 0) is 113 Å². The predicted octanol–water partition coefficient (Wildman–Crippen LogP) is 8.87. The van der Waals surface area contributed by atoms with Gasteiger partial charge in [-0.3, -0.25) is 4.90 Å². The van der Waals surface area contributed by atoms with Gasteiger partial charge >= 0.3 is 12.2 Å². The van der Waals surface area contributed by atoms with Gasteiger partial charge in [0.15, 0.2) is 0 Å². The average molecular weight is 802 g/mol. The van der Waals surface area contributed by atoms with Crippen LogP contribution in [0.1, 0.15) is 93.6 Å². The van der Waals surface area contributed by atoms with Gasteiger partial charge in [0, 0.05) is 16.6 Å². The number of piperidine rings is 1. The van der Waals surface area contributed by atoms with Gasteiger partial charge in [0.25, 0.3) is 8.32 Å². The zero-order chi connectivity index (χ0) is 40.7. The molecule has 6 rings (SSSR count). The number of anilines is 1. The van der Waals surface area contributed by atoms with Crippen LogP contribution >= 0.6 is 11.6 Å². The summed E-state index contributed by atoms with van der Waals surface area (Å²) < 4.78 is 25.1. The van der Waals surface area contributed by atoms with Gasteiger partial charge < -0.3 is 18.6 Å². The molecule has 0 spiro atoms. The highest BCUT2D eigenvalue weighted by Crippen LogP contribution is 2.43. The average Bonchev–Trinajstić information content (AvgIpc) is 3.49. The Kier molecular flexibility index (Phi) is 11.8. The van der Waals surface area contributed by atoms with Crippen molar-refractivity contribution < 1.29 is 28.2 Å². The summed E-state index contributed by atoms with van der Waals surface area (Å²) in [4.78, 5) is 39.0. The maximum atomic E-state index is 13.3. The third-order valence-electron chi connectivity index (χ3n) is 10.8. The lowest BCUT2D eigenvalue weighted by molar-refractivity contribution is 0.00483. The molecule has 12 heteroatoms. The highest BCUT2D eigenvalue weighted by molar-refractivity contribution is 6.99. The van der Waals surface area contributed by atoms with Crippen LogP contribution in [0.2, 0.25) is 10.1 Å². The lowest BCUT2D eigenvalue weighted by Gasteiger charge is -2.50. The molecule has 2 aliphatic heterocycles. The number of hydrogen-bond donors (Lipinski definition) is 0. The molecular formula is C44H57ClN4O6Si. The van der Waals surface area contributed by atoms with E-state index in [0.29, 0.717) is 29.1 Å². The first-order chi connectivity index (χ1) is 26.2. The molecule has 0 unspecified atom stereocenters. The zero-order valence-electron chi connectivity index (χ0n) is 34.5. The van der Waals surface area contributed by atoms with Crippen molar-refractivity contribution in [2.45, 2.75) is 116 Å². The Morgan fingerprint density at radius 1 is 0.857 bits per heavy atom. The van der Waals surface area contributed by atoms with Gasteiger partial charge in [0.2, 0.25) is 5.95 Å². The van der Waals surface area contributed by atoms with Crippen LogP contribution in [-0.4, -0.2) is 84.5 Å². The van der Waals surface area contributed by atoms with Crippen molar-refractivity contribution in [1.29, 1.82) is 0 Å². The normalized spacial score (nSPS) is 20.2. The number of benzene rings is 3. The highest BCUT2D eigenvalue weighted by Gasteiger charge is 2.56. The van der Waals surface area contributed by atoms with E-state index >= 15 is 0 Å². The first-order valence-electron chi connectivity index (χ1n) is 19.6. The third kappa shape index (κ3) is 8.67. The quantitative estimate of drug-likeness (QED) is 0.170. The Morgan fingerprint density at radius 2 is 1.39 bits per heavy atom. The molecule has 0 N–H and O–H groups in total. The van der Waals surface area contributed by atoms with Gasteiger partial charge in [0.1, 0.15) is 11.2 Å². The Balaban J connectivity index is 1.26. The van der Waals surface area contributed by atoms with Crippen LogP contribution in [0.3, 0.4) is 0 Å². The number of aromatic nitrogens is 2. The SMILES string of the molecule is CC(C)(C)OC(=O)N(C(=O)OC(C)(C)C)c1ncc2cc(Cl)c(C3CCN([C@@]4(C)COC[C@H]4O[Si](c4ccccc4)(c4ccccc4)C(C)(C)C)CC3)cc2n1. The van der Waals surface area contributed by atoms with E-state index in [1.165, 1.54) is 10.4 Å². The molecule has 3 aromatic carbocycles. The lowest BCUT2D eigenvalue weighted by atomic mass is 9.85. The van der Waals surface area contributed by atoms with Crippen LogP contribution < -0.4 is 15.3 Å². The molecule has 2 saturated heterocycles. The molecule has 2 atom stereocenters. The smallest absolute Gasteiger partial charge is 0.427 e. The maximum Gasteiger partial charge on any atom is 0.427 e. The zero-order valence-corrected chi connectivity index (χ0v) is 36.3. The summed E-state index contributed by atoms with van der Waals surface area (Å²) in [6.07, 6.45) is 1.32. The van der Waals surface area contributed by atoms with Gasteiger partial charge in [-0.1, -0.05) is 93.0 Å². The van der Waals surface area contributed by atoms with Crippen LogP contribution in [0.25, 0.3) is 10.9 Å². The molecule has 0 radical (unpaired) electrons. The third-order valence-corrected chi connectivity index (χ3v) is 16.2. The van der Waals surface area contributed by atoms with Gasteiger partial charge in [-0.2, -0.15) is 0 Å². The number of amides is 2. The van der Waals surface area contributed by atoms with Crippen molar-refractivity contribution in [3.63, 3.8) is 0 Å². The number of rotatable bonds is 7. The fourth-order valence-electron chi connectivity index (χ4n) is 8.04. The van der Waals surface area contributed by atoms with E-state index < -0.39 is 31.7 Å². The summed E-state index contributed by atoms with van der Waals surface area (Å²) in [5.41, 5.74) is -0.528. The second kappa shape index (κ2) is 15.8. The molecule has 2 amide bonds. The molecule has 0 bridgehead atoms. The number of carbonyl (C=O) groups excluding carboxylic acids is 2. The standard InChI is InChI=1S/C44H57ClN4O6Si/c1-41(2,3)53-39(50)49(40(51)54-42(4,5)6)38-46-27-31-25-35(45)34(26-36(31)47-38)30-21-23-48(24-22-30)44(10)29-52-28-37(44)55-56(43(7,8)9,32-17-13-11-14-18-32)33-19-15-12-16-20-33/h11-20,25-27,30,37H,21-24,28-29H2,1-10H3/t37-,44+/m1/s1. The van der Waals surface area contributed by atoms with E-state index in [1.807, 2.05) is 12.1 Å². The van der Waals surface area contributed by atoms with Crippen LogP contribution in [-0.2, 0) is 18.6 Å². The van der Waals surface area contributed by atoms with E-state index in [0.717, 1.165) is 36.4 Å². The number of carbonyl (C=O) groups is 2. The number of imide groups is 1. The Morgan fingerprint density at radius 3 is 1.89 bits per heavy atom. The molecule has 56 heavy (non-hydrogen) atoms. The number of hydrogen-bond acceptors (Lipinski definition) is 9. The summed E-state index contributed by atoms with van der Waals surface area (Å²) in [5, 5.41) is 3.67. The topological polar surface area (TPSA) is 103 Å². The van der Waals surface area contributed by atoms with Gasteiger partial charge in [-0.25, -0.2) is 19.6 Å². The highest BCUT2D eigenvalue weighted by atomic mass is 35.5. The van der Waals surface area contributed by atoms with Crippen LogP contribution in [0.15, 0.2) is 79.0 Å². The number of halogens is 1. The number of fused-ring (bicyclic) bond motifs is 1. The summed E-state index contributed by atoms with van der Waals surface area (Å²) in [5.74, 6) is 0.0292. The number of ether oxygens (including phenoxy) is 3. The number of likely N-dealkylation sites (tertiary alicyclic amines) is 1. The summed E-state index contributed by atoms with van der Waals surface area (Å²) in [6.45, 7) is 22.4. The summed E-state index contributed by atoms with van der Waals surface area (Å²) in [6, 6.07) is 25.4. The van der Waals surface area contributed by atoms with Crippen molar-refractivity contribution in [3.8, 4) is 0 Å². The largest absolute Gasteiger partial charge is 0.443 e. The molecule has 0 aliphatic carbocycles. The Hall–Kier alpha value is -3.87. The van der Waals surface area contributed by atoms with Crippen molar-refractivity contribution >= 4 is 59.3 Å². The molecule has 4 aromatic rings. The second-order valence-corrected chi connectivity index (χ2v) is 23.0. The van der Waals surface area contributed by atoms with Crippen molar-refractivity contribution in [2.75, 3.05) is 31.2 Å². The molecule has 2 aliphatic rings. The van der Waals surface area contributed by atoms with Crippen LogP contribution in [0, 0.1) is 0 Å². The van der Waals surface area contributed by atoms with E-state index in [-0.39, 0.29) is 28.5 Å². The fraction of sp³-hybridized carbons (Fsp3) is 0.500. The first-order valence-corrected chi connectivity index (χ1v) is 21.8. The Labute approximate surface area is 338 Å². The van der Waals surface area contributed by atoms with Crippen molar-refractivity contribution in [2.24, 2.45) is 0 Å². The number of nitrogens with zero attached hydrogens (tertiary/aromatic N) is 4. The second-order valence-electron chi connectivity index (χ2n) is 18.3. The fourth-order valence-corrected chi connectivity index (χ4v) is 13.1. The van der Waals surface area contributed by atoms with Crippen molar-refractivity contribution in [3.05, 3.63) is 89.6 Å². The Bertz CT molecular complexity index is 1960. The molecule has 0 saturated carbocycles. The van der Waals surface area contributed by atoms with E-state index in [2.05, 4.69) is 98.2 Å². The minimum atomic E-state index is -2.82. The first kappa shape index (κ1) is 41.8. The summed E-state index contributed by atoms with van der Waals surface area (Å²) in [7, 11) is -2.82. The molecular weight excluding hydrogens is 744 g/mol. The van der Waals surface area contributed by atoms with Gasteiger partial charge in [-0.15, -0.1) is 4.90 Å². The molecule has 10 nitrogen and oxygen atoms in total. The van der Waals surface area contributed by atoms with Crippen LogP contribution in [0.5, 0.6) is 0 Å². The molecule has 1 aromatic heterocycles. The monoisotopic (exact) mass is 800 g/mol. The molecule has 3 heterocycles. The lowest BCUT2D eigenvalue weighted by Crippen LogP contribution is -2.70. The molecule has 300 valence electrons. The summed E-state index contributed by atoms with van der Waals surface area (Å²) >= 11 is 6.97. The van der Waals surface area contributed by atoms with E-state index in [4.69, 9.17) is 35.2 Å². The minimum absolute atomic E-state index is 0.134. The maximum absolute atomic E-state index is 13.3. The van der Waals surface area contributed by atoms with Crippen molar-refractivity contribution in [1.82, 2.24) is 14.9 Å². The molecule has 2 fully saturated rings. The van der Waals surface area contributed by atoms with E-state index in [1.54, 1.807) is 47.7 Å². The minimum Gasteiger partial charge on any atom is -0.443 e. The van der Waals surface area contributed by atoms with E-state index in [9.17, 15) is 9.59 Å². The van der Waals surface area contributed by atoms with Crippen LogP contribution in [0.4, 0.5) is 15.5 Å².